The van der Waals surface area contributed by atoms with Gasteiger partial charge in [-0.05, 0) is 63.9 Å². The molecule has 1 aromatic carbocycles. The van der Waals surface area contributed by atoms with E-state index in [-0.39, 0.29) is 6.10 Å². The number of ether oxygens (including phenoxy) is 1. The van der Waals surface area contributed by atoms with Crippen molar-refractivity contribution in [3.8, 4) is 5.75 Å². The molecule has 0 saturated carbocycles. The van der Waals surface area contributed by atoms with E-state index in [2.05, 4.69) is 52.1 Å². The highest BCUT2D eigenvalue weighted by Gasteiger charge is 2.12. The Morgan fingerprint density at radius 3 is 2.47 bits per heavy atom. The minimum Gasteiger partial charge on any atom is -0.489 e. The smallest absolute Gasteiger partial charge is 0.120 e. The number of benzene rings is 1. The Labute approximate surface area is 105 Å². The third kappa shape index (κ3) is 4.39. The van der Waals surface area contributed by atoms with Crippen LogP contribution in [0.3, 0.4) is 0 Å². The summed E-state index contributed by atoms with van der Waals surface area (Å²) in [5.74, 6) is 0.964. The Balaban J connectivity index is 2.55. The van der Waals surface area contributed by atoms with Crippen molar-refractivity contribution in [1.82, 2.24) is 5.32 Å². The minimum atomic E-state index is 0.184. The predicted molar refractivity (Wildman–Crippen MR) is 73.8 cm³/mol. The van der Waals surface area contributed by atoms with Crippen molar-refractivity contribution in [1.29, 1.82) is 0 Å². The predicted octanol–water partition coefficient (Wildman–Crippen LogP) is 3.46. The molecule has 2 atom stereocenters. The fourth-order valence-electron chi connectivity index (χ4n) is 1.64. The summed E-state index contributed by atoms with van der Waals surface area (Å²) in [6.07, 6.45) is 1.34. The topological polar surface area (TPSA) is 21.3 Å². The zero-order valence-electron chi connectivity index (χ0n) is 11.7. The van der Waals surface area contributed by atoms with Gasteiger partial charge >= 0.3 is 0 Å². The second-order valence-electron chi connectivity index (χ2n) is 4.81. The lowest BCUT2D eigenvalue weighted by Crippen LogP contribution is -2.39. The fraction of sp³-hybridized carbons (Fsp3) is 0.600. The van der Waals surface area contributed by atoms with Crippen LogP contribution in [0.5, 0.6) is 5.75 Å². The monoisotopic (exact) mass is 235 g/mol. The first-order valence-corrected chi connectivity index (χ1v) is 6.52. The first kappa shape index (κ1) is 14.0. The van der Waals surface area contributed by atoms with E-state index in [1.807, 2.05) is 6.07 Å². The first-order valence-electron chi connectivity index (χ1n) is 6.52. The summed E-state index contributed by atoms with van der Waals surface area (Å²) >= 11 is 0. The lowest BCUT2D eigenvalue weighted by molar-refractivity contribution is 0.178. The van der Waals surface area contributed by atoms with Crippen LogP contribution in [0.1, 0.15) is 38.3 Å². The van der Waals surface area contributed by atoms with Gasteiger partial charge in [0.1, 0.15) is 11.9 Å². The van der Waals surface area contributed by atoms with Gasteiger partial charge in [0.2, 0.25) is 0 Å². The van der Waals surface area contributed by atoms with Crippen molar-refractivity contribution < 1.29 is 4.74 Å². The molecule has 0 saturated heterocycles. The lowest BCUT2D eigenvalue weighted by Gasteiger charge is -2.23. The van der Waals surface area contributed by atoms with Gasteiger partial charge in [0.25, 0.3) is 0 Å². The maximum atomic E-state index is 5.95. The molecule has 1 aromatic rings. The van der Waals surface area contributed by atoms with E-state index in [1.54, 1.807) is 0 Å². The summed E-state index contributed by atoms with van der Waals surface area (Å²) in [5.41, 5.74) is 2.59. The Kier molecular flexibility index (Phi) is 5.49. The molecule has 1 rings (SSSR count). The van der Waals surface area contributed by atoms with Crippen LogP contribution in [-0.4, -0.2) is 18.7 Å². The molecule has 0 aliphatic rings. The molecular formula is C15H25NO. The van der Waals surface area contributed by atoms with Gasteiger partial charge in [-0.25, -0.2) is 0 Å². The number of aryl methyl sites for hydroxylation is 2. The maximum absolute atomic E-state index is 5.95. The van der Waals surface area contributed by atoms with Crippen molar-refractivity contribution in [2.24, 2.45) is 0 Å². The first-order chi connectivity index (χ1) is 8.04. The maximum Gasteiger partial charge on any atom is 0.120 e. The third-order valence-electron chi connectivity index (χ3n) is 3.22. The number of hydrogen-bond acceptors (Lipinski definition) is 2. The third-order valence-corrected chi connectivity index (χ3v) is 3.22. The molecule has 96 valence electrons. The van der Waals surface area contributed by atoms with Crippen LogP contribution in [0.15, 0.2) is 18.2 Å². The van der Waals surface area contributed by atoms with E-state index < -0.39 is 0 Å². The summed E-state index contributed by atoms with van der Waals surface area (Å²) in [6.45, 7) is 11.7. The highest BCUT2D eigenvalue weighted by molar-refractivity contribution is 5.33. The SMILES string of the molecule is CCCNC(C)C(C)Oc1ccc(C)c(C)c1. The second-order valence-corrected chi connectivity index (χ2v) is 4.81. The van der Waals surface area contributed by atoms with Gasteiger partial charge in [0.15, 0.2) is 0 Å². The molecule has 0 fully saturated rings. The van der Waals surface area contributed by atoms with Crippen molar-refractivity contribution in [3.05, 3.63) is 29.3 Å². The van der Waals surface area contributed by atoms with Gasteiger partial charge in [-0.3, -0.25) is 0 Å². The number of nitrogens with one attached hydrogen (secondary N) is 1. The minimum absolute atomic E-state index is 0.184. The summed E-state index contributed by atoms with van der Waals surface area (Å²) in [5, 5.41) is 3.45. The average Bonchev–Trinajstić information content (AvgIpc) is 2.30. The van der Waals surface area contributed by atoms with E-state index >= 15 is 0 Å². The molecule has 2 nitrogen and oxygen atoms in total. The molecule has 17 heavy (non-hydrogen) atoms. The molecule has 2 unspecified atom stereocenters. The van der Waals surface area contributed by atoms with E-state index in [9.17, 15) is 0 Å². The molecule has 0 amide bonds. The van der Waals surface area contributed by atoms with Crippen LogP contribution in [0.4, 0.5) is 0 Å². The molecule has 0 aromatic heterocycles. The van der Waals surface area contributed by atoms with Crippen LogP contribution in [0, 0.1) is 13.8 Å². The van der Waals surface area contributed by atoms with Gasteiger partial charge < -0.3 is 10.1 Å². The van der Waals surface area contributed by atoms with Crippen molar-refractivity contribution in [2.75, 3.05) is 6.54 Å². The quantitative estimate of drug-likeness (QED) is 0.815. The molecule has 2 heteroatoms. The van der Waals surface area contributed by atoms with Crippen LogP contribution in [0.25, 0.3) is 0 Å². The summed E-state index contributed by atoms with van der Waals surface area (Å²) in [7, 11) is 0. The number of rotatable bonds is 6. The lowest BCUT2D eigenvalue weighted by atomic mass is 10.1. The van der Waals surface area contributed by atoms with Gasteiger partial charge in [-0.1, -0.05) is 13.0 Å². The van der Waals surface area contributed by atoms with E-state index in [4.69, 9.17) is 4.74 Å². The molecule has 0 heterocycles. The average molecular weight is 235 g/mol. The molecule has 1 N–H and O–H groups in total. The van der Waals surface area contributed by atoms with Gasteiger partial charge in [-0.15, -0.1) is 0 Å². The zero-order chi connectivity index (χ0) is 12.8. The van der Waals surface area contributed by atoms with E-state index in [1.165, 1.54) is 11.1 Å². The molecule has 0 bridgehead atoms. The summed E-state index contributed by atoms with van der Waals surface area (Å²) in [6, 6.07) is 6.64. The van der Waals surface area contributed by atoms with Crippen LogP contribution < -0.4 is 10.1 Å². The Morgan fingerprint density at radius 2 is 1.88 bits per heavy atom. The Morgan fingerprint density at radius 1 is 1.18 bits per heavy atom. The molecule has 0 aliphatic heterocycles. The molecular weight excluding hydrogens is 210 g/mol. The van der Waals surface area contributed by atoms with Crippen LogP contribution in [0.2, 0.25) is 0 Å². The Bertz CT molecular complexity index is 349. The van der Waals surface area contributed by atoms with Crippen LogP contribution in [-0.2, 0) is 0 Å². The van der Waals surface area contributed by atoms with Crippen molar-refractivity contribution in [3.63, 3.8) is 0 Å². The zero-order valence-corrected chi connectivity index (χ0v) is 11.7. The van der Waals surface area contributed by atoms with E-state index in [0.29, 0.717) is 6.04 Å². The van der Waals surface area contributed by atoms with Gasteiger partial charge in [0, 0.05) is 6.04 Å². The number of hydrogen-bond donors (Lipinski definition) is 1. The summed E-state index contributed by atoms with van der Waals surface area (Å²) in [4.78, 5) is 0. The van der Waals surface area contributed by atoms with Crippen molar-refractivity contribution >= 4 is 0 Å². The fourth-order valence-corrected chi connectivity index (χ4v) is 1.64. The van der Waals surface area contributed by atoms with Gasteiger partial charge in [-0.2, -0.15) is 0 Å². The highest BCUT2D eigenvalue weighted by atomic mass is 16.5. The largest absolute Gasteiger partial charge is 0.489 e. The van der Waals surface area contributed by atoms with Crippen molar-refractivity contribution in [2.45, 2.75) is 53.2 Å². The molecule has 0 aliphatic carbocycles. The normalized spacial score (nSPS) is 14.4. The molecule has 0 spiro atoms. The standard InChI is InChI=1S/C15H25NO/c1-6-9-16-13(4)14(5)17-15-8-7-11(2)12(3)10-15/h7-8,10,13-14,16H,6,9H2,1-5H3. The second kappa shape index (κ2) is 6.65. The van der Waals surface area contributed by atoms with E-state index in [0.717, 1.165) is 18.7 Å². The molecule has 0 radical (unpaired) electrons. The summed E-state index contributed by atoms with van der Waals surface area (Å²) < 4.78 is 5.95. The van der Waals surface area contributed by atoms with Crippen LogP contribution >= 0.6 is 0 Å². The highest BCUT2D eigenvalue weighted by Crippen LogP contribution is 2.18. The van der Waals surface area contributed by atoms with Gasteiger partial charge in [0.05, 0.1) is 0 Å². The Hall–Kier alpha value is -1.02.